The zero-order valence-corrected chi connectivity index (χ0v) is 14.9. The highest BCUT2D eigenvalue weighted by Gasteiger charge is 2.22. The van der Waals surface area contributed by atoms with E-state index in [-0.39, 0.29) is 11.8 Å². The van der Waals surface area contributed by atoms with Crippen LogP contribution in [0.1, 0.15) is 22.5 Å². The molecule has 1 aromatic heterocycles. The first kappa shape index (κ1) is 16.9. The van der Waals surface area contributed by atoms with Crippen LogP contribution in [0, 0.1) is 6.92 Å². The molecule has 24 heavy (non-hydrogen) atoms. The molecule has 1 fully saturated rings. The number of hydrogen-bond acceptors (Lipinski definition) is 4. The summed E-state index contributed by atoms with van der Waals surface area (Å²) in [6.07, 6.45) is 2.75. The number of rotatable bonds is 3. The van der Waals surface area contributed by atoms with Gasteiger partial charge in [0.2, 0.25) is 5.91 Å². The molecule has 6 heteroatoms. The Kier molecular flexibility index (Phi) is 5.14. The lowest BCUT2D eigenvalue weighted by molar-refractivity contribution is -0.128. The number of fused-ring (bicyclic) bond motifs is 1. The maximum Gasteiger partial charge on any atom is 0.253 e. The summed E-state index contributed by atoms with van der Waals surface area (Å²) in [5.41, 5.74) is 1.47. The first-order chi connectivity index (χ1) is 11.6. The topological polar surface area (TPSA) is 53.8 Å². The van der Waals surface area contributed by atoms with Crippen LogP contribution in [-0.4, -0.2) is 59.8 Å². The van der Waals surface area contributed by atoms with Gasteiger partial charge in [0.25, 0.3) is 5.91 Å². The molecule has 1 aromatic carbocycles. The number of thioether (sulfide) groups is 1. The molecule has 0 N–H and O–H groups in total. The molecule has 1 aliphatic rings. The van der Waals surface area contributed by atoms with Crippen molar-refractivity contribution in [2.75, 3.05) is 38.2 Å². The van der Waals surface area contributed by atoms with Crippen LogP contribution in [-0.2, 0) is 4.79 Å². The molecule has 3 rings (SSSR count). The van der Waals surface area contributed by atoms with Gasteiger partial charge < -0.3 is 14.2 Å². The zero-order chi connectivity index (χ0) is 17.1. The fourth-order valence-corrected chi connectivity index (χ4v) is 3.51. The van der Waals surface area contributed by atoms with E-state index in [0.29, 0.717) is 31.0 Å². The number of carbonyl (C=O) groups excluding carboxylic acids is 2. The highest BCUT2D eigenvalue weighted by molar-refractivity contribution is 7.99. The summed E-state index contributed by atoms with van der Waals surface area (Å²) in [7, 11) is 0. The number of hydrogen-bond donors (Lipinski definition) is 0. The summed E-state index contributed by atoms with van der Waals surface area (Å²) in [5, 5.41) is 0.949. The van der Waals surface area contributed by atoms with E-state index in [1.54, 1.807) is 0 Å². The Balaban J connectivity index is 1.70. The first-order valence-electron chi connectivity index (χ1n) is 8.14. The number of furan rings is 1. The molecule has 0 bridgehead atoms. The highest BCUT2D eigenvalue weighted by atomic mass is 32.2. The Hall–Kier alpha value is -1.95. The van der Waals surface area contributed by atoms with Gasteiger partial charge in [0, 0.05) is 37.1 Å². The second kappa shape index (κ2) is 7.30. The summed E-state index contributed by atoms with van der Waals surface area (Å²) < 4.78 is 5.56. The van der Waals surface area contributed by atoms with Crippen LogP contribution < -0.4 is 0 Å². The van der Waals surface area contributed by atoms with Gasteiger partial charge in [-0.3, -0.25) is 9.59 Å². The predicted octanol–water partition coefficient (Wildman–Crippen LogP) is 2.78. The average molecular weight is 346 g/mol. The fourth-order valence-electron chi connectivity index (χ4n) is 3.08. The Morgan fingerprint density at radius 3 is 2.67 bits per heavy atom. The molecule has 0 radical (unpaired) electrons. The highest BCUT2D eigenvalue weighted by Crippen LogP contribution is 2.21. The molecule has 2 heterocycles. The summed E-state index contributed by atoms with van der Waals surface area (Å²) in [6, 6.07) is 7.49. The molecule has 0 atom stereocenters. The molecular weight excluding hydrogens is 324 g/mol. The normalized spacial score (nSPS) is 15.6. The van der Waals surface area contributed by atoms with Gasteiger partial charge in [-0.1, -0.05) is 0 Å². The van der Waals surface area contributed by atoms with Crippen molar-refractivity contribution in [1.82, 2.24) is 9.80 Å². The van der Waals surface area contributed by atoms with Crippen LogP contribution in [0.25, 0.3) is 11.0 Å². The summed E-state index contributed by atoms with van der Waals surface area (Å²) >= 11 is 1.54. The molecule has 5 nitrogen and oxygen atoms in total. The minimum atomic E-state index is 0.0231. The monoisotopic (exact) mass is 346 g/mol. The van der Waals surface area contributed by atoms with Crippen molar-refractivity contribution in [3.05, 3.63) is 35.6 Å². The van der Waals surface area contributed by atoms with Crippen molar-refractivity contribution in [3.8, 4) is 0 Å². The van der Waals surface area contributed by atoms with Gasteiger partial charge in [0.1, 0.15) is 11.3 Å². The largest absolute Gasteiger partial charge is 0.461 e. The minimum absolute atomic E-state index is 0.0231. The number of benzene rings is 1. The van der Waals surface area contributed by atoms with Crippen molar-refractivity contribution in [2.45, 2.75) is 13.3 Å². The molecule has 0 saturated carbocycles. The lowest BCUT2D eigenvalue weighted by Crippen LogP contribution is -2.38. The quantitative estimate of drug-likeness (QED) is 0.857. The van der Waals surface area contributed by atoms with Gasteiger partial charge in [-0.2, -0.15) is 11.8 Å². The Morgan fingerprint density at radius 1 is 1.12 bits per heavy atom. The van der Waals surface area contributed by atoms with Gasteiger partial charge in [-0.15, -0.1) is 0 Å². The minimum Gasteiger partial charge on any atom is -0.461 e. The molecule has 0 unspecified atom stereocenters. The number of nitrogens with zero attached hydrogens (tertiary/aromatic N) is 2. The van der Waals surface area contributed by atoms with E-state index < -0.39 is 0 Å². The maximum absolute atomic E-state index is 12.8. The molecule has 2 amide bonds. The van der Waals surface area contributed by atoms with Crippen molar-refractivity contribution < 1.29 is 14.0 Å². The van der Waals surface area contributed by atoms with Crippen LogP contribution in [0.2, 0.25) is 0 Å². The standard InChI is InChI=1S/C18H22N2O3S/c1-13-10-15-11-14(4-5-16(15)23-13)18(22)20-7-3-6-19(8-9-20)17(21)12-24-2/h4-5,10-11H,3,6-9,12H2,1-2H3. The van der Waals surface area contributed by atoms with Crippen molar-refractivity contribution in [2.24, 2.45) is 0 Å². The molecule has 2 aromatic rings. The second-order valence-electron chi connectivity index (χ2n) is 6.07. The SMILES string of the molecule is CSCC(=O)N1CCCN(C(=O)c2ccc3oc(C)cc3c2)CC1. The zero-order valence-electron chi connectivity index (χ0n) is 14.1. The Labute approximate surface area is 146 Å². The van der Waals surface area contributed by atoms with Gasteiger partial charge in [0.05, 0.1) is 5.75 Å². The lowest BCUT2D eigenvalue weighted by Gasteiger charge is -2.22. The van der Waals surface area contributed by atoms with E-state index in [2.05, 4.69) is 0 Å². The van der Waals surface area contributed by atoms with Crippen molar-refractivity contribution >= 4 is 34.5 Å². The molecule has 128 valence electrons. The molecule has 0 spiro atoms. The summed E-state index contributed by atoms with van der Waals surface area (Å²) in [5.74, 6) is 1.53. The first-order valence-corrected chi connectivity index (χ1v) is 9.54. The predicted molar refractivity (Wildman–Crippen MR) is 96.4 cm³/mol. The third-order valence-electron chi connectivity index (χ3n) is 4.29. The summed E-state index contributed by atoms with van der Waals surface area (Å²) in [4.78, 5) is 28.5. The van der Waals surface area contributed by atoms with Gasteiger partial charge in [0.15, 0.2) is 0 Å². The third-order valence-corrected chi connectivity index (χ3v) is 4.83. The maximum atomic E-state index is 12.8. The lowest BCUT2D eigenvalue weighted by atomic mass is 10.1. The number of aryl methyl sites for hydroxylation is 1. The van der Waals surface area contributed by atoms with Crippen molar-refractivity contribution in [3.63, 3.8) is 0 Å². The van der Waals surface area contributed by atoms with E-state index in [0.717, 1.165) is 29.7 Å². The van der Waals surface area contributed by atoms with Crippen LogP contribution in [0.15, 0.2) is 28.7 Å². The van der Waals surface area contributed by atoms with Crippen LogP contribution >= 0.6 is 11.8 Å². The smallest absolute Gasteiger partial charge is 0.253 e. The van der Waals surface area contributed by atoms with E-state index in [4.69, 9.17) is 4.42 Å². The van der Waals surface area contributed by atoms with Crippen molar-refractivity contribution in [1.29, 1.82) is 0 Å². The number of amides is 2. The van der Waals surface area contributed by atoms with Crippen LogP contribution in [0.4, 0.5) is 0 Å². The second-order valence-corrected chi connectivity index (χ2v) is 6.94. The Bertz CT molecular complexity index is 756. The average Bonchev–Trinajstić information content (AvgIpc) is 2.78. The van der Waals surface area contributed by atoms with E-state index in [1.807, 2.05) is 47.2 Å². The molecule has 1 saturated heterocycles. The fraction of sp³-hybridized carbons (Fsp3) is 0.444. The van der Waals surface area contributed by atoms with Gasteiger partial charge in [-0.25, -0.2) is 0 Å². The Morgan fingerprint density at radius 2 is 1.88 bits per heavy atom. The van der Waals surface area contributed by atoms with Gasteiger partial charge >= 0.3 is 0 Å². The van der Waals surface area contributed by atoms with E-state index in [9.17, 15) is 9.59 Å². The van der Waals surface area contributed by atoms with Crippen LogP contribution in [0.5, 0.6) is 0 Å². The van der Waals surface area contributed by atoms with Gasteiger partial charge in [-0.05, 0) is 43.9 Å². The molecule has 1 aliphatic heterocycles. The molecular formula is C18H22N2O3S. The summed E-state index contributed by atoms with van der Waals surface area (Å²) in [6.45, 7) is 4.50. The van der Waals surface area contributed by atoms with Crippen LogP contribution in [0.3, 0.4) is 0 Å². The third kappa shape index (κ3) is 3.59. The van der Waals surface area contributed by atoms with E-state index in [1.165, 1.54) is 11.8 Å². The molecule has 0 aliphatic carbocycles. The van der Waals surface area contributed by atoms with E-state index >= 15 is 0 Å². The number of carbonyl (C=O) groups is 2.